The minimum Gasteiger partial charge on any atom is -0.444 e. The van der Waals surface area contributed by atoms with E-state index < -0.39 is 5.60 Å². The average Bonchev–Trinajstić information content (AvgIpc) is 2.45. The lowest BCUT2D eigenvalue weighted by Crippen LogP contribution is -2.45. The first kappa shape index (κ1) is 17.8. The minimum atomic E-state index is -0.460. The Balaban J connectivity index is 1.92. The van der Waals surface area contributed by atoms with E-state index in [-0.39, 0.29) is 6.09 Å². The fourth-order valence-corrected chi connectivity index (χ4v) is 2.86. The second-order valence-corrected chi connectivity index (χ2v) is 7.40. The second kappa shape index (κ2) is 7.34. The summed E-state index contributed by atoms with van der Waals surface area (Å²) in [6.45, 7) is 7.94. The monoisotopic (exact) mass is 340 g/mol. The Bertz CT molecular complexity index is 547. The SMILES string of the molecule is CN(C[C@@H]1CCCN(C(=O)OC(C)(C)C)C1)c1cc(Cl)ncn1. The predicted molar refractivity (Wildman–Crippen MR) is 90.8 cm³/mol. The van der Waals surface area contributed by atoms with Crippen LogP contribution in [0.3, 0.4) is 0 Å². The molecule has 0 spiro atoms. The Morgan fingerprint density at radius 1 is 1.48 bits per heavy atom. The lowest BCUT2D eigenvalue weighted by Gasteiger charge is -2.35. The summed E-state index contributed by atoms with van der Waals surface area (Å²) in [7, 11) is 1.98. The Morgan fingerprint density at radius 2 is 2.22 bits per heavy atom. The largest absolute Gasteiger partial charge is 0.444 e. The molecule has 0 aliphatic carbocycles. The van der Waals surface area contributed by atoms with Gasteiger partial charge in [0.25, 0.3) is 0 Å². The minimum absolute atomic E-state index is 0.227. The van der Waals surface area contributed by atoms with E-state index in [1.165, 1.54) is 6.33 Å². The first-order valence-electron chi connectivity index (χ1n) is 7.91. The molecule has 1 aromatic heterocycles. The van der Waals surface area contributed by atoms with Crippen molar-refractivity contribution in [3.8, 4) is 0 Å². The van der Waals surface area contributed by atoms with Crippen molar-refractivity contribution in [1.29, 1.82) is 0 Å². The van der Waals surface area contributed by atoms with Crippen molar-refractivity contribution in [2.24, 2.45) is 5.92 Å². The van der Waals surface area contributed by atoms with E-state index >= 15 is 0 Å². The molecule has 0 N–H and O–H groups in total. The van der Waals surface area contributed by atoms with Crippen LogP contribution in [0.2, 0.25) is 5.15 Å². The van der Waals surface area contributed by atoms with Crippen LogP contribution >= 0.6 is 11.6 Å². The smallest absolute Gasteiger partial charge is 0.410 e. The summed E-state index contributed by atoms with van der Waals surface area (Å²) >= 11 is 5.91. The standard InChI is InChI=1S/C16H25ClN4O2/c1-16(2,3)23-15(22)21-7-5-6-12(10-21)9-20(4)14-8-13(17)18-11-19-14/h8,11-12H,5-7,9-10H2,1-4H3/t12-/m0/s1. The number of ether oxygens (including phenoxy) is 1. The molecule has 0 saturated carbocycles. The Morgan fingerprint density at radius 3 is 2.87 bits per heavy atom. The van der Waals surface area contributed by atoms with Crippen LogP contribution in [0.5, 0.6) is 0 Å². The molecule has 0 bridgehead atoms. The van der Waals surface area contributed by atoms with Crippen LogP contribution in [0.1, 0.15) is 33.6 Å². The van der Waals surface area contributed by atoms with Gasteiger partial charge in [-0.25, -0.2) is 14.8 Å². The Kier molecular flexibility index (Phi) is 5.68. The van der Waals surface area contributed by atoms with E-state index in [9.17, 15) is 4.79 Å². The van der Waals surface area contributed by atoms with Gasteiger partial charge in [0.2, 0.25) is 0 Å². The fraction of sp³-hybridized carbons (Fsp3) is 0.688. The van der Waals surface area contributed by atoms with Crippen molar-refractivity contribution in [1.82, 2.24) is 14.9 Å². The van der Waals surface area contributed by atoms with Crippen molar-refractivity contribution < 1.29 is 9.53 Å². The van der Waals surface area contributed by atoms with Gasteiger partial charge in [0, 0.05) is 32.7 Å². The zero-order valence-electron chi connectivity index (χ0n) is 14.3. The van der Waals surface area contributed by atoms with Gasteiger partial charge in [-0.3, -0.25) is 0 Å². The quantitative estimate of drug-likeness (QED) is 0.791. The number of carbonyl (C=O) groups is 1. The van der Waals surface area contributed by atoms with E-state index in [4.69, 9.17) is 16.3 Å². The third-order valence-corrected chi connectivity index (χ3v) is 3.92. The van der Waals surface area contributed by atoms with E-state index in [1.807, 2.05) is 27.8 Å². The normalized spacial score (nSPS) is 18.7. The fourth-order valence-electron chi connectivity index (χ4n) is 2.72. The van der Waals surface area contributed by atoms with Crippen LogP contribution in [0, 0.1) is 5.92 Å². The molecule has 1 atom stereocenters. The molecule has 2 heterocycles. The van der Waals surface area contributed by atoms with Gasteiger partial charge in [0.15, 0.2) is 0 Å². The van der Waals surface area contributed by atoms with Crippen molar-refractivity contribution in [2.75, 3.05) is 31.6 Å². The third-order valence-electron chi connectivity index (χ3n) is 3.71. The highest BCUT2D eigenvalue weighted by Gasteiger charge is 2.28. The molecule has 7 heteroatoms. The molecule has 1 aliphatic rings. The van der Waals surface area contributed by atoms with Gasteiger partial charge in [0.1, 0.15) is 22.9 Å². The number of nitrogens with zero attached hydrogens (tertiary/aromatic N) is 4. The number of amides is 1. The summed E-state index contributed by atoms with van der Waals surface area (Å²) in [5.41, 5.74) is -0.460. The molecule has 6 nitrogen and oxygen atoms in total. The molecule has 1 aliphatic heterocycles. The van der Waals surface area contributed by atoms with Gasteiger partial charge in [-0.05, 0) is 39.5 Å². The number of aromatic nitrogens is 2. The van der Waals surface area contributed by atoms with E-state index in [2.05, 4.69) is 14.9 Å². The third kappa shape index (κ3) is 5.53. The topological polar surface area (TPSA) is 58.6 Å². The molecule has 1 amide bonds. The summed E-state index contributed by atoms with van der Waals surface area (Å²) in [5, 5.41) is 0.431. The molecule has 1 saturated heterocycles. The van der Waals surface area contributed by atoms with Crippen LogP contribution in [0.4, 0.5) is 10.6 Å². The maximum absolute atomic E-state index is 12.2. The number of hydrogen-bond acceptors (Lipinski definition) is 5. The predicted octanol–water partition coefficient (Wildman–Crippen LogP) is 3.21. The lowest BCUT2D eigenvalue weighted by atomic mass is 9.98. The van der Waals surface area contributed by atoms with Crippen LogP contribution < -0.4 is 4.90 Å². The molecule has 128 valence electrons. The molecular weight excluding hydrogens is 316 g/mol. The molecule has 1 fully saturated rings. The summed E-state index contributed by atoms with van der Waals surface area (Å²) in [6.07, 6.45) is 3.31. The summed E-state index contributed by atoms with van der Waals surface area (Å²) in [4.78, 5) is 24.2. The summed E-state index contributed by atoms with van der Waals surface area (Å²) < 4.78 is 5.47. The van der Waals surface area contributed by atoms with Crippen molar-refractivity contribution in [2.45, 2.75) is 39.2 Å². The van der Waals surface area contributed by atoms with Gasteiger partial charge < -0.3 is 14.5 Å². The maximum atomic E-state index is 12.2. The van der Waals surface area contributed by atoms with Crippen molar-refractivity contribution in [3.63, 3.8) is 0 Å². The number of piperidine rings is 1. The molecule has 1 aromatic rings. The van der Waals surface area contributed by atoms with Crippen molar-refractivity contribution >= 4 is 23.5 Å². The number of carbonyl (C=O) groups excluding carboxylic acids is 1. The number of halogens is 1. The summed E-state index contributed by atoms with van der Waals surface area (Å²) in [6, 6.07) is 1.75. The van der Waals surface area contributed by atoms with Crippen LogP contribution in [-0.4, -0.2) is 53.2 Å². The zero-order valence-corrected chi connectivity index (χ0v) is 15.0. The highest BCUT2D eigenvalue weighted by Crippen LogP contribution is 2.22. The molecular formula is C16H25ClN4O2. The zero-order chi connectivity index (χ0) is 17.0. The highest BCUT2D eigenvalue weighted by atomic mass is 35.5. The van der Waals surface area contributed by atoms with Gasteiger partial charge in [-0.2, -0.15) is 0 Å². The van der Waals surface area contributed by atoms with Crippen molar-refractivity contribution in [3.05, 3.63) is 17.5 Å². The number of likely N-dealkylation sites (tertiary alicyclic amines) is 1. The number of anilines is 1. The van der Waals surface area contributed by atoms with Gasteiger partial charge in [0.05, 0.1) is 0 Å². The van der Waals surface area contributed by atoms with Gasteiger partial charge in [-0.15, -0.1) is 0 Å². The molecule has 2 rings (SSSR count). The van der Waals surface area contributed by atoms with Gasteiger partial charge in [-0.1, -0.05) is 11.6 Å². The van der Waals surface area contributed by atoms with Gasteiger partial charge >= 0.3 is 6.09 Å². The van der Waals surface area contributed by atoms with Crippen LogP contribution in [0.15, 0.2) is 12.4 Å². The Labute approximate surface area is 142 Å². The average molecular weight is 341 g/mol. The molecule has 0 aromatic carbocycles. The second-order valence-electron chi connectivity index (χ2n) is 7.01. The number of hydrogen-bond donors (Lipinski definition) is 0. The summed E-state index contributed by atoms with van der Waals surface area (Å²) in [5.74, 6) is 1.18. The van der Waals surface area contributed by atoms with Crippen LogP contribution in [0.25, 0.3) is 0 Å². The maximum Gasteiger partial charge on any atom is 0.410 e. The number of rotatable bonds is 3. The lowest BCUT2D eigenvalue weighted by molar-refractivity contribution is 0.0170. The van der Waals surface area contributed by atoms with E-state index in [0.717, 1.165) is 31.7 Å². The first-order valence-corrected chi connectivity index (χ1v) is 8.29. The molecule has 0 unspecified atom stereocenters. The highest BCUT2D eigenvalue weighted by molar-refractivity contribution is 6.29. The molecule has 23 heavy (non-hydrogen) atoms. The first-order chi connectivity index (χ1) is 10.7. The van der Waals surface area contributed by atoms with Crippen LogP contribution in [-0.2, 0) is 4.74 Å². The Hall–Kier alpha value is -1.56. The van der Waals surface area contributed by atoms with E-state index in [0.29, 0.717) is 17.6 Å². The molecule has 0 radical (unpaired) electrons. The van der Waals surface area contributed by atoms with E-state index in [1.54, 1.807) is 11.0 Å².